The fraction of sp³-hybridized carbons (Fsp3) is 0.714. The van der Waals surface area contributed by atoms with Crippen LogP contribution in [0.2, 0.25) is 0 Å². The van der Waals surface area contributed by atoms with E-state index in [1.54, 1.807) is 13.8 Å². The van der Waals surface area contributed by atoms with Crippen molar-refractivity contribution >= 4 is 12.1 Å². The zero-order chi connectivity index (χ0) is 9.56. The highest BCUT2D eigenvalue weighted by atomic mass is 16.5. The predicted molar refractivity (Wildman–Crippen MR) is 41.9 cm³/mol. The average Bonchev–Trinajstić information content (AvgIpc) is 2.00. The Labute approximate surface area is 70.7 Å². The molecule has 70 valence electrons. The topological polar surface area (TPSA) is 75.6 Å². The lowest BCUT2D eigenvalue weighted by Gasteiger charge is -2.11. The van der Waals surface area contributed by atoms with Gasteiger partial charge in [-0.25, -0.2) is 9.59 Å². The van der Waals surface area contributed by atoms with Gasteiger partial charge in [-0.2, -0.15) is 0 Å². The molecule has 0 bridgehead atoms. The van der Waals surface area contributed by atoms with Gasteiger partial charge < -0.3 is 15.2 Å². The van der Waals surface area contributed by atoms with E-state index in [0.717, 1.165) is 0 Å². The number of ether oxygens (including phenoxy) is 1. The van der Waals surface area contributed by atoms with Crippen LogP contribution in [0.15, 0.2) is 0 Å². The van der Waals surface area contributed by atoms with E-state index in [0.29, 0.717) is 6.42 Å². The molecular weight excluding hydrogens is 162 g/mol. The first-order chi connectivity index (χ1) is 5.61. The Morgan fingerprint density at radius 1 is 1.50 bits per heavy atom. The Kier molecular flexibility index (Phi) is 4.83. The van der Waals surface area contributed by atoms with Crippen LogP contribution in [0.5, 0.6) is 0 Å². The number of rotatable bonds is 4. The molecule has 0 saturated carbocycles. The van der Waals surface area contributed by atoms with Gasteiger partial charge >= 0.3 is 12.1 Å². The second-order valence-corrected chi connectivity index (χ2v) is 2.16. The summed E-state index contributed by atoms with van der Waals surface area (Å²) in [6.07, 6.45) is -0.347. The van der Waals surface area contributed by atoms with Crippen LogP contribution in [0.4, 0.5) is 4.79 Å². The summed E-state index contributed by atoms with van der Waals surface area (Å²) in [6.45, 7) is 3.56. The van der Waals surface area contributed by atoms with Crippen molar-refractivity contribution in [1.29, 1.82) is 0 Å². The minimum Gasteiger partial charge on any atom is -0.480 e. The summed E-state index contributed by atoms with van der Waals surface area (Å²) in [6, 6.07) is -0.857. The minimum absolute atomic E-state index is 0.238. The van der Waals surface area contributed by atoms with Crippen LogP contribution < -0.4 is 5.32 Å². The van der Waals surface area contributed by atoms with Crippen LogP contribution in [-0.4, -0.2) is 29.8 Å². The van der Waals surface area contributed by atoms with E-state index in [1.807, 2.05) is 0 Å². The highest BCUT2D eigenvalue weighted by Crippen LogP contribution is 1.91. The molecule has 1 atom stereocenters. The molecular formula is C7H13NO4. The summed E-state index contributed by atoms with van der Waals surface area (Å²) in [7, 11) is 0. The molecule has 0 aromatic heterocycles. The predicted octanol–water partition coefficient (Wildman–Crippen LogP) is 0.596. The standard InChI is InChI=1S/C7H13NO4/c1-3-5(6(9)10)8-7(11)12-4-2/h5H,3-4H2,1-2H3,(H,8,11)(H,9,10)/t5-/m0/s1. The molecule has 0 radical (unpaired) electrons. The van der Waals surface area contributed by atoms with Gasteiger partial charge in [0.1, 0.15) is 6.04 Å². The summed E-state index contributed by atoms with van der Waals surface area (Å²) < 4.78 is 4.51. The van der Waals surface area contributed by atoms with Crippen LogP contribution >= 0.6 is 0 Å². The first kappa shape index (κ1) is 10.7. The zero-order valence-electron chi connectivity index (χ0n) is 7.16. The van der Waals surface area contributed by atoms with E-state index in [4.69, 9.17) is 5.11 Å². The Balaban J connectivity index is 3.85. The third-order valence-corrected chi connectivity index (χ3v) is 1.27. The largest absolute Gasteiger partial charge is 0.480 e. The van der Waals surface area contributed by atoms with Crippen molar-refractivity contribution in [2.24, 2.45) is 0 Å². The number of carboxylic acids is 1. The molecule has 0 saturated heterocycles. The summed E-state index contributed by atoms with van der Waals surface area (Å²) in [4.78, 5) is 21.1. The van der Waals surface area contributed by atoms with Crippen molar-refractivity contribution < 1.29 is 19.4 Å². The molecule has 0 spiro atoms. The minimum atomic E-state index is -1.05. The Hall–Kier alpha value is -1.26. The quantitative estimate of drug-likeness (QED) is 0.655. The number of hydrogen-bond acceptors (Lipinski definition) is 3. The van der Waals surface area contributed by atoms with Crippen LogP contribution in [0.25, 0.3) is 0 Å². The molecule has 2 N–H and O–H groups in total. The monoisotopic (exact) mass is 175 g/mol. The second-order valence-electron chi connectivity index (χ2n) is 2.16. The normalized spacial score (nSPS) is 11.8. The van der Waals surface area contributed by atoms with Crippen LogP contribution in [0.3, 0.4) is 0 Å². The van der Waals surface area contributed by atoms with Crippen molar-refractivity contribution in [1.82, 2.24) is 5.32 Å². The van der Waals surface area contributed by atoms with E-state index >= 15 is 0 Å². The van der Waals surface area contributed by atoms with Crippen molar-refractivity contribution in [3.63, 3.8) is 0 Å². The molecule has 0 aliphatic rings. The molecule has 5 nitrogen and oxygen atoms in total. The maximum absolute atomic E-state index is 10.7. The number of carboxylic acid groups (broad SMARTS) is 1. The number of hydrogen-bond donors (Lipinski definition) is 2. The maximum Gasteiger partial charge on any atom is 0.407 e. The fourth-order valence-corrected chi connectivity index (χ4v) is 0.653. The lowest BCUT2D eigenvalue weighted by Crippen LogP contribution is -2.40. The van der Waals surface area contributed by atoms with Gasteiger partial charge in [0.05, 0.1) is 6.61 Å². The molecule has 0 aromatic carbocycles. The van der Waals surface area contributed by atoms with Crippen molar-refractivity contribution in [3.8, 4) is 0 Å². The molecule has 5 heteroatoms. The summed E-state index contributed by atoms with van der Waals surface area (Å²) in [5.74, 6) is -1.05. The number of amides is 1. The number of alkyl carbamates (subject to hydrolysis) is 1. The van der Waals surface area contributed by atoms with E-state index < -0.39 is 18.1 Å². The van der Waals surface area contributed by atoms with Crippen molar-refractivity contribution in [2.45, 2.75) is 26.3 Å². The van der Waals surface area contributed by atoms with Gasteiger partial charge in [0.15, 0.2) is 0 Å². The van der Waals surface area contributed by atoms with Crippen molar-refractivity contribution in [2.75, 3.05) is 6.61 Å². The smallest absolute Gasteiger partial charge is 0.407 e. The highest BCUT2D eigenvalue weighted by molar-refractivity contribution is 5.79. The van der Waals surface area contributed by atoms with E-state index in [2.05, 4.69) is 10.1 Å². The lowest BCUT2D eigenvalue weighted by atomic mass is 10.2. The molecule has 0 aromatic rings. The fourth-order valence-electron chi connectivity index (χ4n) is 0.653. The van der Waals surface area contributed by atoms with E-state index in [9.17, 15) is 9.59 Å². The van der Waals surface area contributed by atoms with E-state index in [-0.39, 0.29) is 6.61 Å². The number of carbonyl (C=O) groups excluding carboxylic acids is 1. The van der Waals surface area contributed by atoms with Crippen molar-refractivity contribution in [3.05, 3.63) is 0 Å². The Bertz CT molecular complexity index is 169. The van der Waals surface area contributed by atoms with Gasteiger partial charge in [-0.1, -0.05) is 6.92 Å². The van der Waals surface area contributed by atoms with Gasteiger partial charge in [-0.05, 0) is 13.3 Å². The second kappa shape index (κ2) is 5.40. The molecule has 0 heterocycles. The maximum atomic E-state index is 10.7. The van der Waals surface area contributed by atoms with Gasteiger partial charge in [-0.15, -0.1) is 0 Å². The van der Waals surface area contributed by atoms with Gasteiger partial charge in [0, 0.05) is 0 Å². The molecule has 1 amide bonds. The first-order valence-corrected chi connectivity index (χ1v) is 3.77. The molecule has 0 rings (SSSR count). The summed E-state index contributed by atoms with van der Waals surface area (Å²) in [5, 5.41) is 10.7. The molecule has 0 aliphatic heterocycles. The summed E-state index contributed by atoms with van der Waals surface area (Å²) >= 11 is 0. The van der Waals surface area contributed by atoms with Gasteiger partial charge in [0.25, 0.3) is 0 Å². The van der Waals surface area contributed by atoms with Crippen LogP contribution in [0.1, 0.15) is 20.3 Å². The molecule has 0 unspecified atom stereocenters. The first-order valence-electron chi connectivity index (χ1n) is 3.77. The molecule has 12 heavy (non-hydrogen) atoms. The van der Waals surface area contributed by atoms with Crippen LogP contribution in [0, 0.1) is 0 Å². The lowest BCUT2D eigenvalue weighted by molar-refractivity contribution is -0.139. The van der Waals surface area contributed by atoms with Gasteiger partial charge in [-0.3, -0.25) is 0 Å². The third kappa shape index (κ3) is 3.80. The number of carbonyl (C=O) groups is 2. The number of nitrogens with one attached hydrogen (secondary N) is 1. The number of aliphatic carboxylic acids is 1. The Morgan fingerprint density at radius 2 is 2.08 bits per heavy atom. The highest BCUT2D eigenvalue weighted by Gasteiger charge is 2.17. The molecule has 0 fully saturated rings. The third-order valence-electron chi connectivity index (χ3n) is 1.27. The van der Waals surface area contributed by atoms with Gasteiger partial charge in [0.2, 0.25) is 0 Å². The molecule has 0 aliphatic carbocycles. The van der Waals surface area contributed by atoms with E-state index in [1.165, 1.54) is 0 Å². The van der Waals surface area contributed by atoms with Crippen LogP contribution in [-0.2, 0) is 9.53 Å². The SMILES string of the molecule is CCOC(=O)N[C@@H](CC)C(=O)O. The zero-order valence-corrected chi connectivity index (χ0v) is 7.16. The Morgan fingerprint density at radius 3 is 2.42 bits per heavy atom. The summed E-state index contributed by atoms with van der Waals surface area (Å²) in [5.41, 5.74) is 0. The average molecular weight is 175 g/mol.